The number of nitrogens with zero attached hydrogens (tertiary/aromatic N) is 2. The van der Waals surface area contributed by atoms with E-state index in [1.807, 2.05) is 23.9 Å². The van der Waals surface area contributed by atoms with Gasteiger partial charge in [0.15, 0.2) is 0 Å². The minimum atomic E-state index is 0.447. The van der Waals surface area contributed by atoms with Gasteiger partial charge in [0.05, 0.1) is 12.4 Å². The second-order valence-corrected chi connectivity index (χ2v) is 8.19. The van der Waals surface area contributed by atoms with Gasteiger partial charge in [-0.2, -0.15) is 0 Å². The normalized spacial score (nSPS) is 30.6. The number of thiophene rings is 1. The molecule has 1 atom stereocenters. The molecule has 3 saturated carbocycles. The second-order valence-electron chi connectivity index (χ2n) is 6.39. The summed E-state index contributed by atoms with van der Waals surface area (Å²) < 4.78 is 3.62. The molecule has 1 unspecified atom stereocenters. The largest absolute Gasteiger partial charge is 0.329 e. The zero-order valence-corrected chi connectivity index (χ0v) is 13.9. The highest BCUT2D eigenvalue weighted by Crippen LogP contribution is 2.58. The van der Waals surface area contributed by atoms with Gasteiger partial charge in [0.25, 0.3) is 0 Å². The fraction of sp³-hybridized carbons (Fsp3) is 0.562. The molecule has 0 amide bonds. The van der Waals surface area contributed by atoms with Crippen molar-refractivity contribution < 1.29 is 0 Å². The lowest BCUT2D eigenvalue weighted by Crippen LogP contribution is -2.41. The van der Waals surface area contributed by atoms with Crippen LogP contribution in [0.1, 0.15) is 49.4 Å². The molecule has 3 fully saturated rings. The van der Waals surface area contributed by atoms with E-state index < -0.39 is 0 Å². The van der Waals surface area contributed by atoms with Gasteiger partial charge in [-0.05, 0) is 77.2 Å². The summed E-state index contributed by atoms with van der Waals surface area (Å²) in [6.07, 6.45) is 14.5. The van der Waals surface area contributed by atoms with Gasteiger partial charge in [0, 0.05) is 21.7 Å². The molecule has 0 aliphatic heterocycles. The number of rotatable bonds is 3. The molecule has 0 spiro atoms. The van der Waals surface area contributed by atoms with Gasteiger partial charge in [0.1, 0.15) is 0 Å². The monoisotopic (exact) mass is 350 g/mol. The Balaban J connectivity index is 1.81. The van der Waals surface area contributed by atoms with Crippen LogP contribution in [0.2, 0.25) is 0 Å². The molecule has 0 radical (unpaired) electrons. The minimum absolute atomic E-state index is 0.447. The maximum atomic E-state index is 4.31. The zero-order chi connectivity index (χ0) is 13.6. The van der Waals surface area contributed by atoms with Crippen LogP contribution in [0.25, 0.3) is 0 Å². The van der Waals surface area contributed by atoms with E-state index in [1.54, 1.807) is 0 Å². The van der Waals surface area contributed by atoms with E-state index in [4.69, 9.17) is 0 Å². The van der Waals surface area contributed by atoms with Crippen LogP contribution < -0.4 is 0 Å². The standard InChI is InChI=1S/C16H19BrN2S/c17-13-4-10-20-14(13)15(19-9-8-18-11-19)16-5-1-12(2-6-16)3-7-16/h4,8-12,15H,1-3,5-7H2. The number of hydrogen-bond acceptors (Lipinski definition) is 2. The molecule has 0 aromatic carbocycles. The lowest BCUT2D eigenvalue weighted by atomic mass is 9.57. The van der Waals surface area contributed by atoms with Crippen LogP contribution in [0.3, 0.4) is 0 Å². The Morgan fingerprint density at radius 3 is 2.60 bits per heavy atom. The smallest absolute Gasteiger partial charge is 0.0952 e. The highest BCUT2D eigenvalue weighted by molar-refractivity contribution is 9.10. The van der Waals surface area contributed by atoms with Gasteiger partial charge < -0.3 is 4.57 Å². The third-order valence-electron chi connectivity index (χ3n) is 5.45. The van der Waals surface area contributed by atoms with Crippen molar-refractivity contribution in [3.8, 4) is 0 Å². The highest BCUT2D eigenvalue weighted by Gasteiger charge is 2.47. The number of hydrogen-bond donors (Lipinski definition) is 0. The molecule has 4 heteroatoms. The van der Waals surface area contributed by atoms with Gasteiger partial charge in [-0.3, -0.25) is 0 Å². The summed E-state index contributed by atoms with van der Waals surface area (Å²) in [5.74, 6) is 1.01. The Morgan fingerprint density at radius 2 is 2.05 bits per heavy atom. The van der Waals surface area contributed by atoms with Crippen LogP contribution in [0.15, 0.2) is 34.6 Å². The first-order chi connectivity index (χ1) is 9.78. The summed E-state index contributed by atoms with van der Waals surface area (Å²) >= 11 is 5.65. The summed E-state index contributed by atoms with van der Waals surface area (Å²) in [6.45, 7) is 0. The van der Waals surface area contributed by atoms with Gasteiger partial charge in [-0.25, -0.2) is 4.98 Å². The predicted molar refractivity (Wildman–Crippen MR) is 86.0 cm³/mol. The third kappa shape index (κ3) is 2.00. The highest BCUT2D eigenvalue weighted by atomic mass is 79.9. The van der Waals surface area contributed by atoms with E-state index in [0.717, 1.165) is 5.92 Å². The molecular formula is C16H19BrN2S. The Labute approximate surface area is 132 Å². The first kappa shape index (κ1) is 13.1. The van der Waals surface area contributed by atoms with Crippen LogP contribution in [-0.2, 0) is 0 Å². The van der Waals surface area contributed by atoms with Gasteiger partial charge in [-0.1, -0.05) is 0 Å². The number of imidazole rings is 1. The van der Waals surface area contributed by atoms with E-state index in [1.165, 1.54) is 47.9 Å². The number of halogens is 1. The molecule has 5 rings (SSSR count). The quantitative estimate of drug-likeness (QED) is 0.737. The average molecular weight is 351 g/mol. The van der Waals surface area contributed by atoms with E-state index in [-0.39, 0.29) is 0 Å². The summed E-state index contributed by atoms with van der Waals surface area (Å²) in [4.78, 5) is 5.78. The first-order valence-electron chi connectivity index (χ1n) is 7.49. The second kappa shape index (κ2) is 4.99. The molecule has 20 heavy (non-hydrogen) atoms. The molecule has 2 bridgehead atoms. The number of fused-ring (bicyclic) bond motifs is 3. The SMILES string of the molecule is Brc1ccsc1C(n1ccnc1)C12CCC(CC1)CC2. The molecule has 2 heterocycles. The molecule has 2 nitrogen and oxygen atoms in total. The topological polar surface area (TPSA) is 17.8 Å². The third-order valence-corrected chi connectivity index (χ3v) is 7.37. The lowest BCUT2D eigenvalue weighted by Gasteiger charge is -2.51. The molecule has 0 N–H and O–H groups in total. The van der Waals surface area contributed by atoms with E-state index in [0.29, 0.717) is 11.5 Å². The summed E-state index contributed by atoms with van der Waals surface area (Å²) in [6, 6.07) is 2.65. The Bertz CT molecular complexity index is 568. The average Bonchev–Trinajstić information content (AvgIpc) is 3.14. The van der Waals surface area contributed by atoms with Crippen molar-refractivity contribution in [1.82, 2.24) is 9.55 Å². The molecule has 0 saturated heterocycles. The molecule has 2 aromatic rings. The summed E-state index contributed by atoms with van der Waals surface area (Å²) in [5.41, 5.74) is 0.447. The Hall–Kier alpha value is -0.610. The minimum Gasteiger partial charge on any atom is -0.329 e. The van der Waals surface area contributed by atoms with Crippen molar-refractivity contribution in [2.75, 3.05) is 0 Å². The lowest BCUT2D eigenvalue weighted by molar-refractivity contribution is 0.0287. The van der Waals surface area contributed by atoms with Crippen molar-refractivity contribution in [3.63, 3.8) is 0 Å². The van der Waals surface area contributed by atoms with Crippen LogP contribution in [0.5, 0.6) is 0 Å². The zero-order valence-electron chi connectivity index (χ0n) is 11.5. The Morgan fingerprint density at radius 1 is 1.30 bits per heavy atom. The van der Waals surface area contributed by atoms with Crippen LogP contribution >= 0.6 is 27.3 Å². The van der Waals surface area contributed by atoms with Gasteiger partial charge in [0.2, 0.25) is 0 Å². The molecule has 2 aromatic heterocycles. The van der Waals surface area contributed by atoms with Crippen LogP contribution in [0.4, 0.5) is 0 Å². The van der Waals surface area contributed by atoms with E-state index in [2.05, 4.69) is 43.1 Å². The van der Waals surface area contributed by atoms with E-state index in [9.17, 15) is 0 Å². The molecule has 3 aliphatic carbocycles. The molecule has 106 valence electrons. The fourth-order valence-corrected chi connectivity index (χ4v) is 6.18. The predicted octanol–water partition coefficient (Wildman–Crippen LogP) is 5.27. The number of aromatic nitrogens is 2. The maximum absolute atomic E-state index is 4.31. The van der Waals surface area contributed by atoms with E-state index >= 15 is 0 Å². The van der Waals surface area contributed by atoms with Crippen LogP contribution in [-0.4, -0.2) is 9.55 Å². The van der Waals surface area contributed by atoms with Crippen molar-refractivity contribution in [1.29, 1.82) is 0 Å². The van der Waals surface area contributed by atoms with Gasteiger partial charge >= 0.3 is 0 Å². The molecule has 3 aliphatic rings. The summed E-state index contributed by atoms with van der Waals surface area (Å²) in [5, 5.41) is 2.20. The Kier molecular flexibility index (Phi) is 3.26. The summed E-state index contributed by atoms with van der Waals surface area (Å²) in [7, 11) is 0. The fourth-order valence-electron chi connectivity index (χ4n) is 4.35. The van der Waals surface area contributed by atoms with Gasteiger partial charge in [-0.15, -0.1) is 11.3 Å². The van der Waals surface area contributed by atoms with Crippen molar-refractivity contribution in [2.45, 2.75) is 44.6 Å². The van der Waals surface area contributed by atoms with Crippen molar-refractivity contribution in [3.05, 3.63) is 39.5 Å². The van der Waals surface area contributed by atoms with Crippen molar-refractivity contribution in [2.24, 2.45) is 11.3 Å². The van der Waals surface area contributed by atoms with Crippen molar-refractivity contribution >= 4 is 27.3 Å². The van der Waals surface area contributed by atoms with Crippen LogP contribution in [0, 0.1) is 11.3 Å². The maximum Gasteiger partial charge on any atom is 0.0952 e. The first-order valence-corrected chi connectivity index (χ1v) is 9.16. The molecular weight excluding hydrogens is 332 g/mol.